The smallest absolute Gasteiger partial charge is 0.353 e. The monoisotopic (exact) mass is 318 g/mol. The second-order valence-electron chi connectivity index (χ2n) is 5.98. The largest absolute Gasteiger partial charge is 0.416 e. The van der Waals surface area contributed by atoms with Crippen molar-refractivity contribution < 1.29 is 13.2 Å². The third-order valence-corrected chi connectivity index (χ3v) is 4.84. The highest BCUT2D eigenvalue weighted by Crippen LogP contribution is 2.39. The third-order valence-electron chi connectivity index (χ3n) is 4.65. The van der Waals surface area contributed by atoms with Gasteiger partial charge in [0.15, 0.2) is 0 Å². The predicted molar refractivity (Wildman–Crippen MR) is 76.6 cm³/mol. The van der Waals surface area contributed by atoms with Crippen molar-refractivity contribution in [2.75, 3.05) is 11.4 Å². The maximum atomic E-state index is 12.9. The summed E-state index contributed by atoms with van der Waals surface area (Å²) < 4.78 is 38.8. The highest BCUT2D eigenvalue weighted by atomic mass is 35.5. The van der Waals surface area contributed by atoms with Gasteiger partial charge < -0.3 is 4.90 Å². The van der Waals surface area contributed by atoms with Crippen LogP contribution in [0.25, 0.3) is 0 Å². The molecular formula is C15H18ClF3N2. The van der Waals surface area contributed by atoms with Crippen molar-refractivity contribution in [1.29, 1.82) is 0 Å². The van der Waals surface area contributed by atoms with E-state index in [1.165, 1.54) is 19.3 Å². The topological polar surface area (TPSA) is 16.1 Å². The van der Waals surface area contributed by atoms with Gasteiger partial charge in [-0.05, 0) is 43.7 Å². The summed E-state index contributed by atoms with van der Waals surface area (Å²) in [6, 6.07) is 2.36. The van der Waals surface area contributed by atoms with Crippen molar-refractivity contribution >= 4 is 17.4 Å². The predicted octanol–water partition coefficient (Wildman–Crippen LogP) is 4.91. The van der Waals surface area contributed by atoms with Gasteiger partial charge in [0, 0.05) is 12.6 Å². The molecule has 1 aromatic heterocycles. The van der Waals surface area contributed by atoms with E-state index < -0.39 is 11.7 Å². The summed E-state index contributed by atoms with van der Waals surface area (Å²) in [4.78, 5) is 6.20. The average molecular weight is 319 g/mol. The molecule has 1 saturated carbocycles. The van der Waals surface area contributed by atoms with E-state index in [-0.39, 0.29) is 5.15 Å². The van der Waals surface area contributed by atoms with Crippen LogP contribution in [0.1, 0.15) is 44.1 Å². The SMILES string of the molecule is FC(F)(F)c1cc(Cl)nc(N2CCC[C@H]3CCCC[C@H]32)c1. The molecule has 1 aliphatic carbocycles. The van der Waals surface area contributed by atoms with Crippen molar-refractivity contribution in [2.24, 2.45) is 5.92 Å². The van der Waals surface area contributed by atoms with Gasteiger partial charge in [0.25, 0.3) is 0 Å². The minimum atomic E-state index is -4.39. The van der Waals surface area contributed by atoms with E-state index in [9.17, 15) is 13.2 Å². The fourth-order valence-electron chi connectivity index (χ4n) is 3.70. The van der Waals surface area contributed by atoms with Gasteiger partial charge in [-0.3, -0.25) is 0 Å². The average Bonchev–Trinajstić information content (AvgIpc) is 2.45. The van der Waals surface area contributed by atoms with Gasteiger partial charge in [0.2, 0.25) is 0 Å². The van der Waals surface area contributed by atoms with E-state index in [2.05, 4.69) is 9.88 Å². The molecule has 0 bridgehead atoms. The molecule has 0 unspecified atom stereocenters. The molecule has 0 spiro atoms. The number of anilines is 1. The summed E-state index contributed by atoms with van der Waals surface area (Å²) in [6.45, 7) is 0.770. The molecule has 2 heterocycles. The quantitative estimate of drug-likeness (QED) is 0.684. The molecule has 3 rings (SSSR count). The molecule has 1 saturated heterocycles. The number of hydrogen-bond acceptors (Lipinski definition) is 2. The lowest BCUT2D eigenvalue weighted by Crippen LogP contribution is -2.47. The first kappa shape index (κ1) is 14.9. The first-order valence-corrected chi connectivity index (χ1v) is 7.84. The standard InChI is InChI=1S/C15H18ClF3N2/c16-13-8-11(15(17,18)19)9-14(20-13)21-7-3-5-10-4-1-2-6-12(10)21/h8-10,12H,1-7H2/t10-,12-/m1/s1. The van der Waals surface area contributed by atoms with Crippen LogP contribution >= 0.6 is 11.6 Å². The summed E-state index contributed by atoms with van der Waals surface area (Å²) in [7, 11) is 0. The van der Waals surface area contributed by atoms with Crippen LogP contribution in [0.3, 0.4) is 0 Å². The van der Waals surface area contributed by atoms with Crippen LogP contribution < -0.4 is 4.90 Å². The second-order valence-corrected chi connectivity index (χ2v) is 6.37. The zero-order valence-electron chi connectivity index (χ0n) is 11.7. The number of aromatic nitrogens is 1. The van der Waals surface area contributed by atoms with Gasteiger partial charge in [-0.1, -0.05) is 24.4 Å². The van der Waals surface area contributed by atoms with Crippen molar-refractivity contribution in [3.05, 3.63) is 22.8 Å². The minimum Gasteiger partial charge on any atom is -0.353 e. The van der Waals surface area contributed by atoms with Gasteiger partial charge in [-0.2, -0.15) is 13.2 Å². The Labute approximate surface area is 127 Å². The van der Waals surface area contributed by atoms with E-state index in [0.29, 0.717) is 17.8 Å². The lowest BCUT2D eigenvalue weighted by Gasteiger charge is -2.45. The van der Waals surface area contributed by atoms with Gasteiger partial charge in [0.05, 0.1) is 5.56 Å². The molecule has 2 aliphatic rings. The Bertz CT molecular complexity index is 516. The minimum absolute atomic E-state index is 0.0854. The number of alkyl halides is 3. The zero-order valence-corrected chi connectivity index (χ0v) is 12.4. The summed E-state index contributed by atoms with van der Waals surface area (Å²) in [5.41, 5.74) is -0.713. The fraction of sp³-hybridized carbons (Fsp3) is 0.667. The number of pyridine rings is 1. The molecular weight excluding hydrogens is 301 g/mol. The Balaban J connectivity index is 1.93. The van der Waals surface area contributed by atoms with Crippen LogP contribution in [-0.4, -0.2) is 17.6 Å². The molecule has 21 heavy (non-hydrogen) atoms. The Kier molecular flexibility index (Phi) is 4.04. The summed E-state index contributed by atoms with van der Waals surface area (Å²) >= 11 is 5.81. The van der Waals surface area contributed by atoms with Crippen LogP contribution in [0.5, 0.6) is 0 Å². The van der Waals surface area contributed by atoms with Gasteiger partial charge in [-0.25, -0.2) is 4.98 Å². The van der Waals surface area contributed by atoms with E-state index in [1.807, 2.05) is 0 Å². The van der Waals surface area contributed by atoms with Gasteiger partial charge in [-0.15, -0.1) is 0 Å². The van der Waals surface area contributed by atoms with E-state index in [0.717, 1.165) is 37.9 Å². The van der Waals surface area contributed by atoms with Crippen molar-refractivity contribution in [3.8, 4) is 0 Å². The molecule has 0 amide bonds. The molecule has 116 valence electrons. The molecule has 2 fully saturated rings. The maximum absolute atomic E-state index is 12.9. The number of halogens is 4. The van der Waals surface area contributed by atoms with Crippen molar-refractivity contribution in [3.63, 3.8) is 0 Å². The number of hydrogen-bond donors (Lipinski definition) is 0. The normalized spacial score (nSPS) is 26.6. The molecule has 1 aromatic rings. The molecule has 0 radical (unpaired) electrons. The van der Waals surface area contributed by atoms with Crippen LogP contribution in [0.15, 0.2) is 12.1 Å². The molecule has 6 heteroatoms. The van der Waals surface area contributed by atoms with E-state index >= 15 is 0 Å². The van der Waals surface area contributed by atoms with Crippen LogP contribution in [0.4, 0.5) is 19.0 Å². The number of fused-ring (bicyclic) bond motifs is 1. The summed E-state index contributed by atoms with van der Waals surface area (Å²) in [5, 5.41) is -0.0854. The first-order chi connectivity index (χ1) is 9.95. The Hall–Kier alpha value is -0.970. The highest BCUT2D eigenvalue weighted by molar-refractivity contribution is 6.29. The van der Waals surface area contributed by atoms with Crippen molar-refractivity contribution in [1.82, 2.24) is 4.98 Å². The summed E-state index contributed by atoms with van der Waals surface area (Å²) in [5.74, 6) is 0.967. The molecule has 2 atom stereocenters. The number of nitrogens with zero attached hydrogens (tertiary/aromatic N) is 2. The Morgan fingerprint density at radius 3 is 2.57 bits per heavy atom. The highest BCUT2D eigenvalue weighted by Gasteiger charge is 2.36. The molecule has 2 nitrogen and oxygen atoms in total. The van der Waals surface area contributed by atoms with E-state index in [4.69, 9.17) is 11.6 Å². The Morgan fingerprint density at radius 1 is 1.10 bits per heavy atom. The van der Waals surface area contributed by atoms with Crippen molar-refractivity contribution in [2.45, 2.75) is 50.7 Å². The number of piperidine rings is 1. The first-order valence-electron chi connectivity index (χ1n) is 7.46. The lowest BCUT2D eigenvalue weighted by molar-refractivity contribution is -0.137. The summed E-state index contributed by atoms with van der Waals surface area (Å²) in [6.07, 6.45) is 2.39. The fourth-order valence-corrected chi connectivity index (χ4v) is 3.91. The van der Waals surface area contributed by atoms with Crippen LogP contribution in [-0.2, 0) is 6.18 Å². The molecule has 0 N–H and O–H groups in total. The Morgan fingerprint density at radius 2 is 1.81 bits per heavy atom. The van der Waals surface area contributed by atoms with Crippen LogP contribution in [0.2, 0.25) is 5.15 Å². The van der Waals surface area contributed by atoms with Gasteiger partial charge >= 0.3 is 6.18 Å². The third kappa shape index (κ3) is 3.12. The van der Waals surface area contributed by atoms with Crippen LogP contribution in [0, 0.1) is 5.92 Å². The van der Waals surface area contributed by atoms with Gasteiger partial charge in [0.1, 0.15) is 11.0 Å². The maximum Gasteiger partial charge on any atom is 0.416 e. The number of rotatable bonds is 1. The molecule has 0 aromatic carbocycles. The van der Waals surface area contributed by atoms with E-state index in [1.54, 1.807) is 0 Å². The second kappa shape index (κ2) is 5.67. The lowest BCUT2D eigenvalue weighted by atomic mass is 9.78. The zero-order chi connectivity index (χ0) is 15.0. The molecule has 1 aliphatic heterocycles.